The lowest BCUT2D eigenvalue weighted by Crippen LogP contribution is -1.74. The second kappa shape index (κ2) is 4.35. The van der Waals surface area contributed by atoms with Gasteiger partial charge in [-0.25, -0.2) is 0 Å². The first kappa shape index (κ1) is 8.54. The molecule has 10 heavy (non-hydrogen) atoms. The zero-order valence-electron chi connectivity index (χ0n) is 6.64. The van der Waals surface area contributed by atoms with Crippen LogP contribution in [0.1, 0.15) is 26.7 Å². The van der Waals surface area contributed by atoms with Gasteiger partial charge in [0.25, 0.3) is 0 Å². The molecule has 1 fully saturated rings. The van der Waals surface area contributed by atoms with Crippen LogP contribution in [0.3, 0.4) is 0 Å². The van der Waals surface area contributed by atoms with Crippen molar-refractivity contribution < 1.29 is 0 Å². The van der Waals surface area contributed by atoms with Gasteiger partial charge in [-0.15, -0.1) is 23.5 Å². The number of thioether (sulfide) groups is 2. The van der Waals surface area contributed by atoms with Crippen molar-refractivity contribution in [2.75, 3.05) is 11.5 Å². The fraction of sp³-hybridized carbons (Fsp3) is 0.750. The first-order valence-corrected chi connectivity index (χ1v) is 5.71. The SMILES string of the molecule is CC(C)=C1SCCCCS1. The van der Waals surface area contributed by atoms with Crippen molar-refractivity contribution in [3.8, 4) is 0 Å². The van der Waals surface area contributed by atoms with Crippen LogP contribution in [0.5, 0.6) is 0 Å². The van der Waals surface area contributed by atoms with Crippen LogP contribution < -0.4 is 0 Å². The van der Waals surface area contributed by atoms with Gasteiger partial charge in [-0.2, -0.15) is 0 Å². The molecule has 0 saturated carbocycles. The van der Waals surface area contributed by atoms with Gasteiger partial charge in [-0.1, -0.05) is 5.57 Å². The molecule has 1 aliphatic rings. The van der Waals surface area contributed by atoms with E-state index in [2.05, 4.69) is 13.8 Å². The Kier molecular flexibility index (Phi) is 3.71. The minimum absolute atomic E-state index is 1.33. The summed E-state index contributed by atoms with van der Waals surface area (Å²) in [4.78, 5) is 0. The number of rotatable bonds is 0. The molecule has 0 aromatic heterocycles. The standard InChI is InChI=1S/C8H14S2/c1-7(2)8-9-5-3-4-6-10-8/h3-6H2,1-2H3. The van der Waals surface area contributed by atoms with E-state index in [1.807, 2.05) is 23.5 Å². The summed E-state index contributed by atoms with van der Waals surface area (Å²) in [5, 5.41) is 0. The fourth-order valence-electron chi connectivity index (χ4n) is 0.864. The topological polar surface area (TPSA) is 0 Å². The highest BCUT2D eigenvalue weighted by molar-refractivity contribution is 8.22. The van der Waals surface area contributed by atoms with Gasteiger partial charge in [0, 0.05) is 4.24 Å². The predicted octanol–water partition coefficient (Wildman–Crippen LogP) is 3.50. The van der Waals surface area contributed by atoms with Crippen LogP contribution in [-0.2, 0) is 0 Å². The molecule has 0 nitrogen and oxygen atoms in total. The molecular formula is C8H14S2. The smallest absolute Gasteiger partial charge is 0.0387 e. The monoisotopic (exact) mass is 174 g/mol. The Morgan fingerprint density at radius 2 is 1.60 bits per heavy atom. The van der Waals surface area contributed by atoms with E-state index in [1.165, 1.54) is 29.9 Å². The maximum atomic E-state index is 2.21. The fourth-order valence-corrected chi connectivity index (χ4v) is 3.34. The van der Waals surface area contributed by atoms with Crippen molar-refractivity contribution in [2.45, 2.75) is 26.7 Å². The Hall–Kier alpha value is 0.440. The molecule has 1 saturated heterocycles. The predicted molar refractivity (Wildman–Crippen MR) is 52.5 cm³/mol. The van der Waals surface area contributed by atoms with Crippen LogP contribution in [0.2, 0.25) is 0 Å². The van der Waals surface area contributed by atoms with E-state index in [9.17, 15) is 0 Å². The normalized spacial score (nSPS) is 20.4. The van der Waals surface area contributed by atoms with Crippen molar-refractivity contribution in [3.63, 3.8) is 0 Å². The van der Waals surface area contributed by atoms with Crippen molar-refractivity contribution in [1.29, 1.82) is 0 Å². The largest absolute Gasteiger partial charge is 0.119 e. The minimum Gasteiger partial charge on any atom is -0.119 e. The molecule has 0 atom stereocenters. The third kappa shape index (κ3) is 2.59. The lowest BCUT2D eigenvalue weighted by atomic mass is 10.4. The summed E-state index contributed by atoms with van der Waals surface area (Å²) in [6, 6.07) is 0. The third-order valence-corrected chi connectivity index (χ3v) is 4.45. The van der Waals surface area contributed by atoms with Crippen molar-refractivity contribution >= 4 is 23.5 Å². The van der Waals surface area contributed by atoms with E-state index in [0.29, 0.717) is 0 Å². The van der Waals surface area contributed by atoms with E-state index in [1.54, 1.807) is 4.24 Å². The molecule has 58 valence electrons. The number of hydrogen-bond donors (Lipinski definition) is 0. The molecule has 1 heterocycles. The maximum absolute atomic E-state index is 2.21. The summed E-state index contributed by atoms with van der Waals surface area (Å²) in [7, 11) is 0. The lowest BCUT2D eigenvalue weighted by Gasteiger charge is -2.02. The highest BCUT2D eigenvalue weighted by atomic mass is 32.2. The van der Waals surface area contributed by atoms with Gasteiger partial charge in [0.2, 0.25) is 0 Å². The van der Waals surface area contributed by atoms with Gasteiger partial charge in [0.1, 0.15) is 0 Å². The molecule has 0 N–H and O–H groups in total. The van der Waals surface area contributed by atoms with Gasteiger partial charge in [0.15, 0.2) is 0 Å². The Labute approximate surface area is 71.8 Å². The molecule has 2 heteroatoms. The van der Waals surface area contributed by atoms with E-state index in [-0.39, 0.29) is 0 Å². The second-order valence-electron chi connectivity index (χ2n) is 2.69. The molecule has 0 bridgehead atoms. The van der Waals surface area contributed by atoms with E-state index in [0.717, 1.165) is 0 Å². The summed E-state index contributed by atoms with van der Waals surface area (Å²) in [6.07, 6.45) is 2.79. The quantitative estimate of drug-likeness (QED) is 0.551. The van der Waals surface area contributed by atoms with Crippen molar-refractivity contribution in [1.82, 2.24) is 0 Å². The van der Waals surface area contributed by atoms with Gasteiger partial charge < -0.3 is 0 Å². The first-order valence-electron chi connectivity index (χ1n) is 3.74. The van der Waals surface area contributed by atoms with Crippen LogP contribution in [0.25, 0.3) is 0 Å². The summed E-state index contributed by atoms with van der Waals surface area (Å²) in [5.74, 6) is 2.65. The molecule has 0 unspecified atom stereocenters. The van der Waals surface area contributed by atoms with E-state index >= 15 is 0 Å². The number of allylic oxidation sites excluding steroid dienone is 1. The molecule has 0 aromatic carbocycles. The van der Waals surface area contributed by atoms with Crippen LogP contribution in [0.15, 0.2) is 9.81 Å². The first-order chi connectivity index (χ1) is 4.80. The average molecular weight is 174 g/mol. The van der Waals surface area contributed by atoms with Crippen molar-refractivity contribution in [2.24, 2.45) is 0 Å². The Morgan fingerprint density at radius 3 is 2.00 bits per heavy atom. The second-order valence-corrected chi connectivity index (χ2v) is 5.16. The van der Waals surface area contributed by atoms with Gasteiger partial charge in [-0.3, -0.25) is 0 Å². The molecular weight excluding hydrogens is 160 g/mol. The number of hydrogen-bond acceptors (Lipinski definition) is 2. The summed E-state index contributed by atoms with van der Waals surface area (Å²) >= 11 is 4.07. The summed E-state index contributed by atoms with van der Waals surface area (Å²) < 4.78 is 1.57. The summed E-state index contributed by atoms with van der Waals surface area (Å²) in [5.41, 5.74) is 1.50. The Morgan fingerprint density at radius 1 is 1.10 bits per heavy atom. The van der Waals surface area contributed by atoms with Crippen LogP contribution in [0, 0.1) is 0 Å². The van der Waals surface area contributed by atoms with E-state index < -0.39 is 0 Å². The van der Waals surface area contributed by atoms with Crippen LogP contribution in [0.4, 0.5) is 0 Å². The van der Waals surface area contributed by atoms with Crippen LogP contribution in [-0.4, -0.2) is 11.5 Å². The molecule has 0 aromatic rings. The van der Waals surface area contributed by atoms with Gasteiger partial charge in [-0.05, 0) is 38.2 Å². The zero-order valence-corrected chi connectivity index (χ0v) is 8.28. The van der Waals surface area contributed by atoms with E-state index in [4.69, 9.17) is 0 Å². The lowest BCUT2D eigenvalue weighted by molar-refractivity contribution is 0.912. The van der Waals surface area contributed by atoms with Crippen LogP contribution >= 0.6 is 23.5 Å². The highest BCUT2D eigenvalue weighted by Gasteiger charge is 2.05. The molecule has 1 aliphatic heterocycles. The zero-order chi connectivity index (χ0) is 7.40. The van der Waals surface area contributed by atoms with Crippen molar-refractivity contribution in [3.05, 3.63) is 9.81 Å². The molecule has 0 amide bonds. The van der Waals surface area contributed by atoms with Gasteiger partial charge in [0.05, 0.1) is 0 Å². The molecule has 0 spiro atoms. The Bertz CT molecular complexity index is 124. The molecule has 0 radical (unpaired) electrons. The van der Waals surface area contributed by atoms with Gasteiger partial charge >= 0.3 is 0 Å². The molecule has 1 rings (SSSR count). The minimum atomic E-state index is 1.33. The Balaban J connectivity index is 2.51. The average Bonchev–Trinajstić information content (AvgIpc) is 2.12. The molecule has 0 aliphatic carbocycles. The maximum Gasteiger partial charge on any atom is 0.0387 e. The highest BCUT2D eigenvalue weighted by Crippen LogP contribution is 2.35. The summed E-state index contributed by atoms with van der Waals surface area (Å²) in [6.45, 7) is 4.42. The third-order valence-electron chi connectivity index (χ3n) is 1.41.